The zero-order chi connectivity index (χ0) is 14.3. The minimum absolute atomic E-state index is 0.687. The largest absolute Gasteiger partial charge is 0.496 e. The van der Waals surface area contributed by atoms with Crippen molar-refractivity contribution >= 4 is 22.5 Å². The lowest BCUT2D eigenvalue weighted by Gasteiger charge is -2.07. The Balaban J connectivity index is 2.07. The molecule has 0 bridgehead atoms. The molecular formula is C15H16ClN3O. The number of halogens is 1. The highest BCUT2D eigenvalue weighted by Crippen LogP contribution is 2.28. The van der Waals surface area contributed by atoms with Crippen molar-refractivity contribution in [2.45, 2.75) is 13.5 Å². The molecule has 20 heavy (non-hydrogen) atoms. The summed E-state index contributed by atoms with van der Waals surface area (Å²) in [6.45, 7) is 2.68. The number of hydrogen-bond donors (Lipinski definition) is 0. The zero-order valence-corrected chi connectivity index (χ0v) is 12.5. The molecule has 0 aliphatic carbocycles. The van der Waals surface area contributed by atoms with Crippen LogP contribution in [-0.2, 0) is 13.6 Å². The van der Waals surface area contributed by atoms with Crippen LogP contribution in [0.4, 0.5) is 0 Å². The van der Waals surface area contributed by atoms with Crippen molar-refractivity contribution in [3.8, 4) is 5.75 Å². The summed E-state index contributed by atoms with van der Waals surface area (Å²) in [6.07, 6.45) is 2.05. The molecule has 2 aromatic heterocycles. The van der Waals surface area contributed by atoms with Crippen molar-refractivity contribution in [2.75, 3.05) is 7.11 Å². The molecule has 0 aliphatic heterocycles. The molecule has 3 rings (SSSR count). The van der Waals surface area contributed by atoms with Gasteiger partial charge in [0.15, 0.2) is 0 Å². The molecule has 5 heteroatoms. The van der Waals surface area contributed by atoms with Gasteiger partial charge in [-0.25, -0.2) is 0 Å². The van der Waals surface area contributed by atoms with Crippen LogP contribution in [0.1, 0.15) is 11.3 Å². The van der Waals surface area contributed by atoms with E-state index >= 15 is 0 Å². The van der Waals surface area contributed by atoms with Crippen LogP contribution in [0, 0.1) is 6.92 Å². The number of fused-ring (bicyclic) bond motifs is 1. The molecule has 0 amide bonds. The van der Waals surface area contributed by atoms with E-state index in [2.05, 4.69) is 28.0 Å². The lowest BCUT2D eigenvalue weighted by Crippen LogP contribution is -1.99. The van der Waals surface area contributed by atoms with Crippen molar-refractivity contribution in [1.29, 1.82) is 0 Å². The van der Waals surface area contributed by atoms with E-state index in [1.807, 2.05) is 26.1 Å². The average Bonchev–Trinajstić information content (AvgIpc) is 2.96. The normalized spacial score (nSPS) is 11.2. The third kappa shape index (κ3) is 1.96. The average molecular weight is 290 g/mol. The van der Waals surface area contributed by atoms with Gasteiger partial charge in [0.2, 0.25) is 0 Å². The van der Waals surface area contributed by atoms with E-state index in [1.54, 1.807) is 11.8 Å². The van der Waals surface area contributed by atoms with Crippen LogP contribution in [0.15, 0.2) is 30.5 Å². The molecule has 2 heterocycles. The first-order valence-corrected chi connectivity index (χ1v) is 6.79. The fourth-order valence-electron chi connectivity index (χ4n) is 2.53. The number of methoxy groups -OCH3 is 1. The monoisotopic (exact) mass is 289 g/mol. The lowest BCUT2D eigenvalue weighted by molar-refractivity contribution is 0.420. The smallest absolute Gasteiger partial charge is 0.131 e. The number of rotatable bonds is 3. The van der Waals surface area contributed by atoms with Gasteiger partial charge in [-0.15, -0.1) is 0 Å². The molecule has 3 aromatic rings. The van der Waals surface area contributed by atoms with Gasteiger partial charge in [-0.2, -0.15) is 5.10 Å². The molecule has 0 unspecified atom stereocenters. The number of hydrogen-bond acceptors (Lipinski definition) is 2. The lowest BCUT2D eigenvalue weighted by atomic mass is 10.2. The van der Waals surface area contributed by atoms with E-state index < -0.39 is 0 Å². The third-order valence-corrected chi connectivity index (χ3v) is 4.06. The second-order valence-corrected chi connectivity index (χ2v) is 5.17. The number of aromatic nitrogens is 3. The first-order chi connectivity index (χ1) is 9.61. The maximum absolute atomic E-state index is 6.30. The Labute approximate surface area is 122 Å². The molecule has 1 aromatic carbocycles. The summed E-state index contributed by atoms with van der Waals surface area (Å²) in [5.41, 5.74) is 3.14. The van der Waals surface area contributed by atoms with Gasteiger partial charge in [0, 0.05) is 24.2 Å². The van der Waals surface area contributed by atoms with Crippen LogP contribution in [-0.4, -0.2) is 21.5 Å². The van der Waals surface area contributed by atoms with E-state index in [-0.39, 0.29) is 0 Å². The number of benzene rings is 1. The summed E-state index contributed by atoms with van der Waals surface area (Å²) >= 11 is 6.30. The maximum Gasteiger partial charge on any atom is 0.131 e. The molecule has 0 radical (unpaired) electrons. The molecule has 0 saturated carbocycles. The van der Waals surface area contributed by atoms with Crippen molar-refractivity contribution in [1.82, 2.24) is 14.3 Å². The van der Waals surface area contributed by atoms with E-state index in [1.165, 1.54) is 0 Å². The summed E-state index contributed by atoms with van der Waals surface area (Å²) in [5.74, 6) is 0.884. The van der Waals surface area contributed by atoms with E-state index in [4.69, 9.17) is 16.3 Å². The van der Waals surface area contributed by atoms with Gasteiger partial charge < -0.3 is 9.30 Å². The molecule has 0 atom stereocenters. The molecule has 0 N–H and O–H groups in total. The van der Waals surface area contributed by atoms with Crippen molar-refractivity contribution in [3.63, 3.8) is 0 Å². The van der Waals surface area contributed by atoms with Gasteiger partial charge in [0.05, 0.1) is 24.9 Å². The summed E-state index contributed by atoms with van der Waals surface area (Å²) in [4.78, 5) is 0. The minimum atomic E-state index is 0.687. The Morgan fingerprint density at radius 1 is 1.30 bits per heavy atom. The van der Waals surface area contributed by atoms with E-state index in [0.717, 1.165) is 27.9 Å². The van der Waals surface area contributed by atoms with Crippen molar-refractivity contribution < 1.29 is 4.74 Å². The van der Waals surface area contributed by atoms with Gasteiger partial charge >= 0.3 is 0 Å². The van der Waals surface area contributed by atoms with Crippen LogP contribution >= 0.6 is 11.6 Å². The van der Waals surface area contributed by atoms with Crippen LogP contribution in [0.2, 0.25) is 5.15 Å². The van der Waals surface area contributed by atoms with Gasteiger partial charge in [-0.05, 0) is 25.1 Å². The van der Waals surface area contributed by atoms with E-state index in [9.17, 15) is 0 Å². The van der Waals surface area contributed by atoms with Gasteiger partial charge in [0.1, 0.15) is 10.9 Å². The van der Waals surface area contributed by atoms with Gasteiger partial charge in [-0.3, -0.25) is 4.68 Å². The van der Waals surface area contributed by atoms with Crippen molar-refractivity contribution in [3.05, 3.63) is 46.9 Å². The Kier molecular flexibility index (Phi) is 3.18. The quantitative estimate of drug-likeness (QED) is 0.740. The minimum Gasteiger partial charge on any atom is -0.496 e. The fraction of sp³-hybridized carbons (Fsp3) is 0.267. The zero-order valence-electron chi connectivity index (χ0n) is 11.7. The fourth-order valence-corrected chi connectivity index (χ4v) is 2.77. The Bertz CT molecular complexity index is 773. The molecule has 0 spiro atoms. The summed E-state index contributed by atoms with van der Waals surface area (Å²) in [5, 5.41) is 6.14. The van der Waals surface area contributed by atoms with Crippen LogP contribution in [0.5, 0.6) is 5.75 Å². The molecular weight excluding hydrogens is 274 g/mol. The predicted molar refractivity (Wildman–Crippen MR) is 80.5 cm³/mol. The first-order valence-electron chi connectivity index (χ1n) is 6.41. The molecule has 104 valence electrons. The number of ether oxygens (including phenoxy) is 1. The van der Waals surface area contributed by atoms with Crippen molar-refractivity contribution in [2.24, 2.45) is 7.05 Å². The predicted octanol–water partition coefficient (Wildman–Crippen LogP) is 3.39. The summed E-state index contributed by atoms with van der Waals surface area (Å²) < 4.78 is 9.25. The standard InChI is InChI=1S/C15H16ClN3O/c1-10-12(15(16)18(2)17-10)9-19-8-7-11-13(19)5-4-6-14(11)20-3/h4-8H,9H2,1-3H3. The first kappa shape index (κ1) is 13.1. The highest BCUT2D eigenvalue weighted by Gasteiger charge is 2.13. The van der Waals surface area contributed by atoms with Crippen LogP contribution in [0.25, 0.3) is 10.9 Å². The number of aryl methyl sites for hydroxylation is 2. The Morgan fingerprint density at radius 3 is 2.75 bits per heavy atom. The second kappa shape index (κ2) is 4.87. The summed E-state index contributed by atoms with van der Waals surface area (Å²) in [6, 6.07) is 8.11. The Morgan fingerprint density at radius 2 is 2.10 bits per heavy atom. The molecule has 0 aliphatic rings. The highest BCUT2D eigenvalue weighted by atomic mass is 35.5. The van der Waals surface area contributed by atoms with Gasteiger partial charge in [0.25, 0.3) is 0 Å². The topological polar surface area (TPSA) is 32.0 Å². The number of nitrogens with zero attached hydrogens (tertiary/aromatic N) is 3. The van der Waals surface area contributed by atoms with Gasteiger partial charge in [-0.1, -0.05) is 17.7 Å². The summed E-state index contributed by atoms with van der Waals surface area (Å²) in [7, 11) is 3.55. The molecule has 4 nitrogen and oxygen atoms in total. The van der Waals surface area contributed by atoms with Crippen LogP contribution < -0.4 is 4.74 Å². The Hall–Kier alpha value is -1.94. The maximum atomic E-state index is 6.30. The SMILES string of the molecule is COc1cccc2c1ccn2Cc1c(C)nn(C)c1Cl. The molecule has 0 fully saturated rings. The second-order valence-electron chi connectivity index (χ2n) is 4.82. The highest BCUT2D eigenvalue weighted by molar-refractivity contribution is 6.30. The van der Waals surface area contributed by atoms with Crippen LogP contribution in [0.3, 0.4) is 0 Å². The third-order valence-electron chi connectivity index (χ3n) is 3.59. The molecule has 0 saturated heterocycles. The van der Waals surface area contributed by atoms with E-state index in [0.29, 0.717) is 11.7 Å².